The molecular weight excluding hydrogens is 513 g/mol. The van der Waals surface area contributed by atoms with Crippen LogP contribution in [-0.4, -0.2) is 33.3 Å². The number of fused-ring (bicyclic) bond motifs is 2. The molecule has 6 rings (SSSR count). The summed E-state index contributed by atoms with van der Waals surface area (Å²) in [6, 6.07) is 30.5. The van der Waals surface area contributed by atoms with Crippen LogP contribution in [0.4, 0.5) is 35.9 Å². The van der Waals surface area contributed by atoms with Crippen LogP contribution in [0.15, 0.2) is 97.1 Å². The number of alkyl halides is 3. The molecule has 2 N–H and O–H groups in total. The lowest BCUT2D eigenvalue weighted by Gasteiger charge is -2.25. The maximum atomic E-state index is 12.8. The van der Waals surface area contributed by atoms with Gasteiger partial charge in [-0.3, -0.25) is 0 Å². The smallest absolute Gasteiger partial charge is 0.416 e. The lowest BCUT2D eigenvalue weighted by atomic mass is 10.1. The Morgan fingerprint density at radius 2 is 1.15 bits per heavy atom. The summed E-state index contributed by atoms with van der Waals surface area (Å²) in [5.74, 6) is 0.912. The monoisotopic (exact) mass is 546 g/mol. The molecule has 40 heavy (non-hydrogen) atoms. The van der Waals surface area contributed by atoms with E-state index in [1.165, 1.54) is 23.0 Å². The summed E-state index contributed by atoms with van der Waals surface area (Å²) in [6.45, 7) is 4.74. The molecule has 0 bridgehead atoms. The highest BCUT2D eigenvalue weighted by Gasteiger charge is 2.31. The summed E-state index contributed by atoms with van der Waals surface area (Å²) in [6.07, 6.45) is -4.31. The Kier molecular flexibility index (Phi) is 8.57. The zero-order valence-electron chi connectivity index (χ0n) is 22.4. The number of rotatable bonds is 3. The van der Waals surface area contributed by atoms with Crippen molar-refractivity contribution in [2.24, 2.45) is 0 Å². The zero-order chi connectivity index (χ0) is 28.0. The maximum absolute atomic E-state index is 12.8. The van der Waals surface area contributed by atoms with Gasteiger partial charge in [-0.25, -0.2) is 0 Å². The zero-order valence-corrected chi connectivity index (χ0v) is 22.4. The minimum absolute atomic E-state index is 0.447. The van der Waals surface area contributed by atoms with Crippen molar-refractivity contribution >= 4 is 22.7 Å². The SMILES string of the molecule is COc1ccc2c(c1)CNCCN2c1ccccc1.FC(F)(F)c1ccc2c(c1)CNCCN2c1ccccc1. The van der Waals surface area contributed by atoms with Crippen molar-refractivity contribution in [3.63, 3.8) is 0 Å². The van der Waals surface area contributed by atoms with Gasteiger partial charge in [-0.1, -0.05) is 36.4 Å². The minimum Gasteiger partial charge on any atom is -0.497 e. The fraction of sp³-hybridized carbons (Fsp3) is 0.250. The molecule has 4 aromatic rings. The fourth-order valence-electron chi connectivity index (χ4n) is 5.08. The van der Waals surface area contributed by atoms with Crippen LogP contribution in [-0.2, 0) is 19.3 Å². The molecule has 2 aliphatic heterocycles. The van der Waals surface area contributed by atoms with E-state index in [-0.39, 0.29) is 0 Å². The van der Waals surface area contributed by atoms with Crippen molar-refractivity contribution in [2.75, 3.05) is 43.1 Å². The highest BCUT2D eigenvalue weighted by Crippen LogP contribution is 2.36. The average Bonchev–Trinajstić information content (AvgIpc) is 3.33. The molecule has 2 heterocycles. The molecule has 8 heteroatoms. The van der Waals surface area contributed by atoms with E-state index >= 15 is 0 Å². The van der Waals surface area contributed by atoms with E-state index < -0.39 is 11.7 Å². The number of hydrogen-bond donors (Lipinski definition) is 2. The third kappa shape index (κ3) is 6.41. The van der Waals surface area contributed by atoms with Crippen LogP contribution in [0.2, 0.25) is 0 Å². The molecule has 0 amide bonds. The quantitative estimate of drug-likeness (QED) is 0.293. The lowest BCUT2D eigenvalue weighted by molar-refractivity contribution is -0.137. The normalized spacial score (nSPS) is 15.1. The van der Waals surface area contributed by atoms with Gasteiger partial charge in [0.2, 0.25) is 0 Å². The maximum Gasteiger partial charge on any atom is 0.416 e. The fourth-order valence-corrected chi connectivity index (χ4v) is 5.08. The van der Waals surface area contributed by atoms with Gasteiger partial charge in [-0.05, 0) is 71.8 Å². The molecule has 0 fully saturated rings. The number of hydrogen-bond acceptors (Lipinski definition) is 5. The Balaban J connectivity index is 0.000000162. The summed E-state index contributed by atoms with van der Waals surface area (Å²) in [5, 5.41) is 6.63. The van der Waals surface area contributed by atoms with Gasteiger partial charge in [0, 0.05) is 62.0 Å². The van der Waals surface area contributed by atoms with E-state index in [2.05, 4.69) is 62.9 Å². The van der Waals surface area contributed by atoms with E-state index in [0.717, 1.165) is 55.9 Å². The molecule has 0 saturated carbocycles. The van der Waals surface area contributed by atoms with Gasteiger partial charge >= 0.3 is 6.18 Å². The number of benzene rings is 4. The van der Waals surface area contributed by atoms with Gasteiger partial charge in [-0.15, -0.1) is 0 Å². The van der Waals surface area contributed by atoms with Gasteiger partial charge < -0.3 is 25.2 Å². The first-order valence-corrected chi connectivity index (χ1v) is 13.4. The second kappa shape index (κ2) is 12.4. The van der Waals surface area contributed by atoms with E-state index in [4.69, 9.17) is 4.74 Å². The number of nitrogens with one attached hydrogen (secondary N) is 2. The molecule has 0 aliphatic carbocycles. The largest absolute Gasteiger partial charge is 0.497 e. The van der Waals surface area contributed by atoms with E-state index in [1.807, 2.05) is 36.4 Å². The second-order valence-corrected chi connectivity index (χ2v) is 9.66. The highest BCUT2D eigenvalue weighted by molar-refractivity contribution is 5.69. The van der Waals surface area contributed by atoms with Crippen molar-refractivity contribution in [3.05, 3.63) is 114 Å². The molecule has 0 atom stereocenters. The summed E-state index contributed by atoms with van der Waals surface area (Å²) < 4.78 is 43.9. The molecule has 0 radical (unpaired) electrons. The van der Waals surface area contributed by atoms with Crippen molar-refractivity contribution in [3.8, 4) is 5.75 Å². The van der Waals surface area contributed by atoms with Crippen LogP contribution in [0.25, 0.3) is 0 Å². The van der Waals surface area contributed by atoms with Gasteiger partial charge in [0.15, 0.2) is 0 Å². The standard InChI is InChI=1S/C16H15F3N2.C16H18N2O/c17-16(18,19)13-6-7-15-12(10-13)11-20-8-9-21(15)14-4-2-1-3-5-14;1-19-15-7-8-16-13(11-15)12-17-9-10-18(16)14-5-3-2-4-6-14/h1-7,10,20H,8-9,11H2;2-8,11,17H,9-10,12H2,1H3. The van der Waals surface area contributed by atoms with Gasteiger partial charge in [-0.2, -0.15) is 13.2 Å². The summed E-state index contributed by atoms with van der Waals surface area (Å²) in [5.41, 5.74) is 5.67. The van der Waals surface area contributed by atoms with E-state index in [0.29, 0.717) is 12.1 Å². The van der Waals surface area contributed by atoms with Gasteiger partial charge in [0.1, 0.15) is 5.75 Å². The van der Waals surface area contributed by atoms with Crippen LogP contribution < -0.4 is 25.2 Å². The van der Waals surface area contributed by atoms with Crippen LogP contribution in [0.3, 0.4) is 0 Å². The molecular formula is C32H33F3N4O. The number of nitrogens with zero attached hydrogens (tertiary/aromatic N) is 2. The molecule has 208 valence electrons. The Hall–Kier alpha value is -4.01. The number of methoxy groups -OCH3 is 1. The second-order valence-electron chi connectivity index (χ2n) is 9.66. The molecule has 5 nitrogen and oxygen atoms in total. The number of halogens is 3. The molecule has 0 unspecified atom stereocenters. The molecule has 2 aliphatic rings. The van der Waals surface area contributed by atoms with E-state index in [9.17, 15) is 13.2 Å². The van der Waals surface area contributed by atoms with Crippen LogP contribution >= 0.6 is 0 Å². The minimum atomic E-state index is -4.31. The third-order valence-electron chi connectivity index (χ3n) is 7.07. The van der Waals surface area contributed by atoms with Crippen molar-refractivity contribution in [1.82, 2.24) is 10.6 Å². The Bertz CT molecular complexity index is 1400. The van der Waals surface area contributed by atoms with Crippen LogP contribution in [0, 0.1) is 0 Å². The predicted molar refractivity (Wildman–Crippen MR) is 155 cm³/mol. The summed E-state index contributed by atoms with van der Waals surface area (Å²) in [7, 11) is 1.71. The van der Waals surface area contributed by atoms with Crippen molar-refractivity contribution in [1.29, 1.82) is 0 Å². The van der Waals surface area contributed by atoms with Gasteiger partial charge in [0.05, 0.1) is 12.7 Å². The first-order valence-electron chi connectivity index (χ1n) is 13.4. The molecule has 0 aromatic heterocycles. The Labute approximate surface area is 233 Å². The van der Waals surface area contributed by atoms with E-state index in [1.54, 1.807) is 13.2 Å². The topological polar surface area (TPSA) is 39.8 Å². The molecule has 4 aromatic carbocycles. The van der Waals surface area contributed by atoms with Gasteiger partial charge in [0.25, 0.3) is 0 Å². The molecule has 0 saturated heterocycles. The third-order valence-corrected chi connectivity index (χ3v) is 7.07. The Morgan fingerprint density at radius 1 is 0.650 bits per heavy atom. The average molecular weight is 547 g/mol. The number of para-hydroxylation sites is 2. The number of anilines is 4. The first-order chi connectivity index (χ1) is 19.4. The first kappa shape index (κ1) is 27.6. The van der Waals surface area contributed by atoms with Crippen molar-refractivity contribution in [2.45, 2.75) is 19.3 Å². The van der Waals surface area contributed by atoms with Crippen LogP contribution in [0.5, 0.6) is 5.75 Å². The predicted octanol–water partition coefficient (Wildman–Crippen LogP) is 6.88. The highest BCUT2D eigenvalue weighted by atomic mass is 19.4. The van der Waals surface area contributed by atoms with Crippen molar-refractivity contribution < 1.29 is 17.9 Å². The molecule has 0 spiro atoms. The number of ether oxygens (including phenoxy) is 1. The summed E-state index contributed by atoms with van der Waals surface area (Å²) in [4.78, 5) is 4.41. The lowest BCUT2D eigenvalue weighted by Crippen LogP contribution is -2.24. The van der Waals surface area contributed by atoms with Crippen LogP contribution in [0.1, 0.15) is 16.7 Å². The summed E-state index contributed by atoms with van der Waals surface area (Å²) >= 11 is 0. The Morgan fingerprint density at radius 3 is 1.65 bits per heavy atom.